The van der Waals surface area contributed by atoms with E-state index in [4.69, 9.17) is 4.74 Å². The fourth-order valence-corrected chi connectivity index (χ4v) is 5.03. The minimum Gasteiger partial charge on any atom is -0.494 e. The Bertz CT molecular complexity index is 1080. The van der Waals surface area contributed by atoms with E-state index in [0.717, 1.165) is 42.6 Å². The Kier molecular flexibility index (Phi) is 6.18. The summed E-state index contributed by atoms with van der Waals surface area (Å²) in [6.07, 6.45) is 7.15. The van der Waals surface area contributed by atoms with Gasteiger partial charge >= 0.3 is 0 Å². The van der Waals surface area contributed by atoms with Crippen molar-refractivity contribution < 1.29 is 9.53 Å². The van der Waals surface area contributed by atoms with Gasteiger partial charge in [-0.1, -0.05) is 31.4 Å². The van der Waals surface area contributed by atoms with Crippen LogP contribution in [-0.2, 0) is 11.3 Å². The molecule has 0 N–H and O–H groups in total. The van der Waals surface area contributed by atoms with Crippen molar-refractivity contribution in [3.63, 3.8) is 0 Å². The molecular weight excluding hydrogens is 398 g/mol. The van der Waals surface area contributed by atoms with Crippen molar-refractivity contribution in [3.05, 3.63) is 46.3 Å². The second kappa shape index (κ2) is 9.00. The highest BCUT2D eigenvalue weighted by Gasteiger charge is 2.23. The summed E-state index contributed by atoms with van der Waals surface area (Å²) < 4.78 is 6.95. The molecule has 6 nitrogen and oxygen atoms in total. The summed E-state index contributed by atoms with van der Waals surface area (Å²) in [5.74, 6) is 0.760. The van der Waals surface area contributed by atoms with Crippen molar-refractivity contribution in [3.8, 4) is 16.9 Å². The number of hydrogen-bond donors (Lipinski definition) is 0. The fraction of sp³-hybridized carbons (Fsp3) is 0.435. The van der Waals surface area contributed by atoms with Gasteiger partial charge in [0.25, 0.3) is 5.56 Å². The van der Waals surface area contributed by atoms with Gasteiger partial charge in [-0.15, -0.1) is 11.3 Å². The van der Waals surface area contributed by atoms with Gasteiger partial charge in [-0.2, -0.15) is 0 Å². The van der Waals surface area contributed by atoms with Crippen LogP contribution in [-0.4, -0.2) is 40.1 Å². The van der Waals surface area contributed by atoms with Gasteiger partial charge in [0, 0.05) is 24.0 Å². The predicted octanol–water partition coefficient (Wildman–Crippen LogP) is 4.31. The second-order valence-corrected chi connectivity index (χ2v) is 8.62. The molecule has 158 valence electrons. The molecule has 1 aromatic carbocycles. The first-order chi connectivity index (χ1) is 14.6. The van der Waals surface area contributed by atoms with Crippen LogP contribution >= 0.6 is 11.3 Å². The Labute approximate surface area is 180 Å². The van der Waals surface area contributed by atoms with Crippen molar-refractivity contribution in [1.29, 1.82) is 0 Å². The van der Waals surface area contributed by atoms with Gasteiger partial charge in [0.15, 0.2) is 0 Å². The maximum absolute atomic E-state index is 13.2. The number of nitrogens with zero attached hydrogens (tertiary/aromatic N) is 3. The van der Waals surface area contributed by atoms with Crippen LogP contribution in [0.2, 0.25) is 0 Å². The lowest BCUT2D eigenvalue weighted by atomic mass is 9.94. The average molecular weight is 426 g/mol. The summed E-state index contributed by atoms with van der Waals surface area (Å²) >= 11 is 1.44. The average Bonchev–Trinajstić information content (AvgIpc) is 3.21. The minimum absolute atomic E-state index is 0.0212. The van der Waals surface area contributed by atoms with Gasteiger partial charge in [-0.05, 0) is 37.5 Å². The number of likely N-dealkylation sites (N-methyl/N-ethyl adjacent to an activating group) is 1. The SMILES string of the molecule is CCOc1ccc(-c2csc3ncn(CC(=O)N(C)C4CCCCC4)c(=O)c23)cc1. The third-order valence-corrected chi connectivity index (χ3v) is 6.74. The van der Waals surface area contributed by atoms with E-state index in [1.54, 1.807) is 0 Å². The number of thiophene rings is 1. The number of carbonyl (C=O) groups excluding carboxylic acids is 1. The van der Waals surface area contributed by atoms with Gasteiger partial charge in [-0.25, -0.2) is 4.98 Å². The van der Waals surface area contributed by atoms with E-state index in [0.29, 0.717) is 16.8 Å². The first kappa shape index (κ1) is 20.6. The van der Waals surface area contributed by atoms with Crippen molar-refractivity contribution in [2.45, 2.75) is 51.6 Å². The highest BCUT2D eigenvalue weighted by molar-refractivity contribution is 7.17. The molecule has 4 rings (SSSR count). The van der Waals surface area contributed by atoms with Crippen LogP contribution in [0.1, 0.15) is 39.0 Å². The van der Waals surface area contributed by atoms with Gasteiger partial charge in [-0.3, -0.25) is 14.2 Å². The molecule has 0 atom stereocenters. The Hall–Kier alpha value is -2.67. The first-order valence-electron chi connectivity index (χ1n) is 10.5. The standard InChI is InChI=1S/C23H27N3O3S/c1-3-29-18-11-9-16(10-12-18)19-14-30-22-21(19)23(28)26(15-24-22)13-20(27)25(2)17-7-5-4-6-8-17/h9-12,14-15,17H,3-8,13H2,1-2H3. The maximum Gasteiger partial charge on any atom is 0.263 e. The fourth-order valence-electron chi connectivity index (χ4n) is 4.12. The van der Waals surface area contributed by atoms with Crippen LogP contribution in [0, 0.1) is 0 Å². The molecule has 0 bridgehead atoms. The number of rotatable bonds is 6. The van der Waals surface area contributed by atoms with E-state index in [1.165, 1.54) is 28.7 Å². The highest BCUT2D eigenvalue weighted by Crippen LogP contribution is 2.31. The van der Waals surface area contributed by atoms with Crippen LogP contribution in [0.25, 0.3) is 21.3 Å². The number of amides is 1. The number of fused-ring (bicyclic) bond motifs is 1. The lowest BCUT2D eigenvalue weighted by Crippen LogP contribution is -2.41. The van der Waals surface area contributed by atoms with Crippen LogP contribution in [0.5, 0.6) is 5.75 Å². The lowest BCUT2D eigenvalue weighted by Gasteiger charge is -2.31. The summed E-state index contributed by atoms with van der Waals surface area (Å²) in [4.78, 5) is 33.0. The Morgan fingerprint density at radius 2 is 1.97 bits per heavy atom. The molecule has 1 fully saturated rings. The van der Waals surface area contributed by atoms with Gasteiger partial charge in [0.05, 0.1) is 18.3 Å². The molecule has 1 amide bonds. The summed E-state index contributed by atoms with van der Waals surface area (Å²) in [6, 6.07) is 7.98. The molecule has 30 heavy (non-hydrogen) atoms. The van der Waals surface area contributed by atoms with E-state index in [9.17, 15) is 9.59 Å². The normalized spacial score (nSPS) is 14.7. The van der Waals surface area contributed by atoms with Crippen LogP contribution in [0.3, 0.4) is 0 Å². The maximum atomic E-state index is 13.2. The monoisotopic (exact) mass is 425 g/mol. The Morgan fingerprint density at radius 3 is 2.67 bits per heavy atom. The van der Waals surface area contributed by atoms with Crippen molar-refractivity contribution in [2.75, 3.05) is 13.7 Å². The summed E-state index contributed by atoms with van der Waals surface area (Å²) in [5.41, 5.74) is 1.61. The van der Waals surface area contributed by atoms with Crippen molar-refractivity contribution in [1.82, 2.24) is 14.5 Å². The molecule has 0 saturated heterocycles. The largest absolute Gasteiger partial charge is 0.494 e. The topological polar surface area (TPSA) is 64.4 Å². The number of carbonyl (C=O) groups is 1. The van der Waals surface area contributed by atoms with Crippen LogP contribution in [0.4, 0.5) is 0 Å². The molecular formula is C23H27N3O3S. The molecule has 2 heterocycles. The van der Waals surface area contributed by atoms with Crippen LogP contribution < -0.4 is 10.3 Å². The summed E-state index contributed by atoms with van der Waals surface area (Å²) in [5, 5.41) is 2.52. The molecule has 0 radical (unpaired) electrons. The Balaban J connectivity index is 1.61. The quantitative estimate of drug-likeness (QED) is 0.590. The first-order valence-corrected chi connectivity index (χ1v) is 11.4. The predicted molar refractivity (Wildman–Crippen MR) is 120 cm³/mol. The van der Waals surface area contributed by atoms with Crippen LogP contribution in [0.15, 0.2) is 40.8 Å². The van der Waals surface area contributed by atoms with E-state index < -0.39 is 0 Å². The smallest absolute Gasteiger partial charge is 0.263 e. The van der Waals surface area contributed by atoms with Gasteiger partial charge in [0.2, 0.25) is 5.91 Å². The zero-order chi connectivity index (χ0) is 21.1. The van der Waals surface area contributed by atoms with Gasteiger partial charge < -0.3 is 9.64 Å². The summed E-state index contributed by atoms with van der Waals surface area (Å²) in [7, 11) is 1.85. The molecule has 3 aromatic rings. The van der Waals surface area contributed by atoms with Crippen molar-refractivity contribution in [2.24, 2.45) is 0 Å². The third kappa shape index (κ3) is 4.12. The lowest BCUT2D eigenvalue weighted by molar-refractivity contribution is -0.133. The molecule has 2 aromatic heterocycles. The van der Waals surface area contributed by atoms with Crippen molar-refractivity contribution >= 4 is 27.5 Å². The highest BCUT2D eigenvalue weighted by atomic mass is 32.1. The molecule has 1 aliphatic carbocycles. The Morgan fingerprint density at radius 1 is 1.23 bits per heavy atom. The minimum atomic E-state index is -0.171. The molecule has 1 saturated carbocycles. The number of aromatic nitrogens is 2. The van der Waals surface area contributed by atoms with Gasteiger partial charge in [0.1, 0.15) is 17.1 Å². The molecule has 0 unspecified atom stereocenters. The number of hydrogen-bond acceptors (Lipinski definition) is 5. The third-order valence-electron chi connectivity index (χ3n) is 5.86. The number of ether oxygens (including phenoxy) is 1. The van der Waals surface area contributed by atoms with E-state index in [-0.39, 0.29) is 24.1 Å². The molecule has 1 aliphatic rings. The molecule has 7 heteroatoms. The molecule has 0 aliphatic heterocycles. The number of benzene rings is 1. The van der Waals surface area contributed by atoms with E-state index in [2.05, 4.69) is 4.98 Å². The van der Waals surface area contributed by atoms with E-state index >= 15 is 0 Å². The second-order valence-electron chi connectivity index (χ2n) is 7.76. The summed E-state index contributed by atoms with van der Waals surface area (Å²) in [6.45, 7) is 2.58. The van der Waals surface area contributed by atoms with E-state index in [1.807, 2.05) is 48.5 Å². The zero-order valence-electron chi connectivity index (χ0n) is 17.5. The molecule has 0 spiro atoms. The zero-order valence-corrected chi connectivity index (χ0v) is 18.3.